The molecule has 1 aliphatic rings. The summed E-state index contributed by atoms with van der Waals surface area (Å²) in [7, 11) is 0. The van der Waals surface area contributed by atoms with E-state index < -0.39 is 11.6 Å². The van der Waals surface area contributed by atoms with Crippen LogP contribution in [0.1, 0.15) is 26.3 Å². The molecule has 2 aromatic rings. The van der Waals surface area contributed by atoms with Crippen LogP contribution in [0.15, 0.2) is 40.9 Å². The first-order valence-corrected chi connectivity index (χ1v) is 6.37. The van der Waals surface area contributed by atoms with Gasteiger partial charge >= 0.3 is 0 Å². The Hall–Kier alpha value is -1.74. The average molecular weight is 301 g/mol. The number of hydrogen-bond acceptors (Lipinski definition) is 2. The summed E-state index contributed by atoms with van der Waals surface area (Å²) in [4.78, 5) is 24.2. The zero-order chi connectivity index (χ0) is 12.9. The normalized spacial score (nSPS) is 13.2. The molecule has 3 rings (SSSR count). The van der Waals surface area contributed by atoms with Gasteiger partial charge in [-0.25, -0.2) is 0 Å². The molecular weight excluding hydrogens is 292 g/mol. The number of ketones is 2. The first-order chi connectivity index (χ1) is 8.58. The molecule has 0 aromatic heterocycles. The largest absolute Gasteiger partial charge is 0.285 e. The lowest BCUT2D eigenvalue weighted by Crippen LogP contribution is -2.21. The molecule has 0 radical (unpaired) electrons. The maximum Gasteiger partial charge on any atom is 0.234 e. The van der Waals surface area contributed by atoms with Crippen molar-refractivity contribution in [3.05, 3.63) is 57.6 Å². The SMILES string of the molecule is Cc1ccc2c(c1)C(=O)C(=O)c1cc(Br)ccc1-2. The van der Waals surface area contributed by atoms with Gasteiger partial charge < -0.3 is 0 Å². The molecule has 0 N–H and O–H groups in total. The van der Waals surface area contributed by atoms with Crippen molar-refractivity contribution >= 4 is 27.5 Å². The number of hydrogen-bond donors (Lipinski definition) is 0. The summed E-state index contributed by atoms with van der Waals surface area (Å²) in [5.74, 6) is -0.844. The number of benzene rings is 2. The third kappa shape index (κ3) is 1.55. The second-order valence-electron chi connectivity index (χ2n) is 4.40. The van der Waals surface area contributed by atoms with Gasteiger partial charge in [-0.2, -0.15) is 0 Å². The van der Waals surface area contributed by atoms with Gasteiger partial charge in [0.05, 0.1) is 0 Å². The molecule has 0 bridgehead atoms. The maximum absolute atomic E-state index is 12.1. The van der Waals surface area contributed by atoms with Crippen molar-refractivity contribution in [1.82, 2.24) is 0 Å². The van der Waals surface area contributed by atoms with Crippen molar-refractivity contribution in [2.75, 3.05) is 0 Å². The van der Waals surface area contributed by atoms with E-state index in [-0.39, 0.29) is 0 Å². The fourth-order valence-electron chi connectivity index (χ4n) is 2.26. The number of aryl methyl sites for hydroxylation is 1. The number of Topliss-reactive ketones (excluding diaryl/α,β-unsaturated/α-hetero) is 2. The molecule has 0 saturated carbocycles. The first-order valence-electron chi connectivity index (χ1n) is 5.57. The molecule has 2 nitrogen and oxygen atoms in total. The van der Waals surface area contributed by atoms with Crippen LogP contribution in [0.4, 0.5) is 0 Å². The summed E-state index contributed by atoms with van der Waals surface area (Å²) in [5.41, 5.74) is 3.64. The highest BCUT2D eigenvalue weighted by Crippen LogP contribution is 2.35. The number of carbonyl (C=O) groups is 2. The van der Waals surface area contributed by atoms with Crippen LogP contribution in [0.2, 0.25) is 0 Å². The molecule has 0 heterocycles. The highest BCUT2D eigenvalue weighted by atomic mass is 79.9. The molecule has 0 saturated heterocycles. The second-order valence-corrected chi connectivity index (χ2v) is 5.31. The molecule has 0 spiro atoms. The van der Waals surface area contributed by atoms with Crippen LogP contribution in [-0.4, -0.2) is 11.6 Å². The zero-order valence-corrected chi connectivity index (χ0v) is 11.2. The number of carbonyl (C=O) groups excluding carboxylic acids is 2. The van der Waals surface area contributed by atoms with E-state index in [9.17, 15) is 9.59 Å². The van der Waals surface area contributed by atoms with Gasteiger partial charge in [-0.15, -0.1) is 0 Å². The fourth-order valence-corrected chi connectivity index (χ4v) is 2.63. The minimum Gasteiger partial charge on any atom is -0.285 e. The first kappa shape index (κ1) is 11.4. The van der Waals surface area contributed by atoms with Crippen LogP contribution in [-0.2, 0) is 0 Å². The molecule has 88 valence electrons. The van der Waals surface area contributed by atoms with Gasteiger partial charge in [-0.05, 0) is 36.2 Å². The van der Waals surface area contributed by atoms with Crippen LogP contribution in [0.3, 0.4) is 0 Å². The highest BCUT2D eigenvalue weighted by Gasteiger charge is 2.30. The third-order valence-electron chi connectivity index (χ3n) is 3.14. The standard InChI is InChI=1S/C15H9BrO2/c1-8-2-4-10-11-5-3-9(16)7-13(11)15(18)14(17)12(10)6-8/h2-7H,1H3. The molecule has 1 aliphatic carbocycles. The molecule has 0 atom stereocenters. The average Bonchev–Trinajstić information content (AvgIpc) is 2.36. The van der Waals surface area contributed by atoms with Crippen molar-refractivity contribution in [3.63, 3.8) is 0 Å². The van der Waals surface area contributed by atoms with Crippen molar-refractivity contribution in [1.29, 1.82) is 0 Å². The molecule has 0 fully saturated rings. The van der Waals surface area contributed by atoms with Crippen molar-refractivity contribution in [3.8, 4) is 11.1 Å². The second kappa shape index (κ2) is 3.89. The summed E-state index contributed by atoms with van der Waals surface area (Å²) in [6.07, 6.45) is 0. The van der Waals surface area contributed by atoms with Crippen LogP contribution in [0, 0.1) is 6.92 Å². The van der Waals surface area contributed by atoms with Gasteiger partial charge in [-0.3, -0.25) is 9.59 Å². The van der Waals surface area contributed by atoms with Gasteiger partial charge in [0, 0.05) is 15.6 Å². The summed E-state index contributed by atoms with van der Waals surface area (Å²) >= 11 is 3.33. The minimum absolute atomic E-state index is 0.417. The Morgan fingerprint density at radius 1 is 0.778 bits per heavy atom. The van der Waals surface area contributed by atoms with Gasteiger partial charge in [0.25, 0.3) is 0 Å². The molecule has 3 heteroatoms. The fraction of sp³-hybridized carbons (Fsp3) is 0.0667. The zero-order valence-electron chi connectivity index (χ0n) is 9.66. The van der Waals surface area contributed by atoms with Crippen LogP contribution in [0.5, 0.6) is 0 Å². The van der Waals surface area contributed by atoms with Crippen molar-refractivity contribution < 1.29 is 9.59 Å². The van der Waals surface area contributed by atoms with Gasteiger partial charge in [-0.1, -0.05) is 39.7 Å². The van der Waals surface area contributed by atoms with E-state index in [0.717, 1.165) is 21.2 Å². The van der Waals surface area contributed by atoms with Gasteiger partial charge in [0.1, 0.15) is 0 Å². The van der Waals surface area contributed by atoms with Crippen molar-refractivity contribution in [2.24, 2.45) is 0 Å². The Balaban J connectivity index is 2.38. The number of rotatable bonds is 0. The Kier molecular flexibility index (Phi) is 2.45. The van der Waals surface area contributed by atoms with Crippen LogP contribution >= 0.6 is 15.9 Å². The molecular formula is C15H9BrO2. The Morgan fingerprint density at radius 2 is 1.33 bits per heavy atom. The van der Waals surface area contributed by atoms with E-state index in [1.165, 1.54) is 0 Å². The Labute approximate surface area is 113 Å². The predicted octanol–water partition coefficient (Wildman–Crippen LogP) is 3.80. The lowest BCUT2D eigenvalue weighted by molar-refractivity contribution is 0.0815. The number of fused-ring (bicyclic) bond motifs is 3. The van der Waals surface area contributed by atoms with E-state index in [0.29, 0.717) is 11.1 Å². The third-order valence-corrected chi connectivity index (χ3v) is 3.64. The molecule has 0 unspecified atom stereocenters. The van der Waals surface area contributed by atoms with Crippen LogP contribution < -0.4 is 0 Å². The molecule has 2 aromatic carbocycles. The van der Waals surface area contributed by atoms with E-state index >= 15 is 0 Å². The summed E-state index contributed by atoms with van der Waals surface area (Å²) < 4.78 is 0.804. The molecule has 0 amide bonds. The highest BCUT2D eigenvalue weighted by molar-refractivity contribution is 9.10. The maximum atomic E-state index is 12.1. The number of halogens is 1. The Bertz CT molecular complexity index is 640. The predicted molar refractivity (Wildman–Crippen MR) is 73.0 cm³/mol. The van der Waals surface area contributed by atoms with E-state index in [2.05, 4.69) is 15.9 Å². The summed E-state index contributed by atoms with van der Waals surface area (Å²) in [6, 6.07) is 11.1. The molecule has 18 heavy (non-hydrogen) atoms. The lowest BCUT2D eigenvalue weighted by Gasteiger charge is -2.18. The van der Waals surface area contributed by atoms with Gasteiger partial charge in [0.2, 0.25) is 11.6 Å². The lowest BCUT2D eigenvalue weighted by atomic mass is 9.83. The summed E-state index contributed by atoms with van der Waals surface area (Å²) in [6.45, 7) is 1.91. The smallest absolute Gasteiger partial charge is 0.234 e. The van der Waals surface area contributed by atoms with E-state index in [1.807, 2.05) is 31.2 Å². The Morgan fingerprint density at radius 3 is 2.00 bits per heavy atom. The minimum atomic E-state index is -0.426. The van der Waals surface area contributed by atoms with E-state index in [4.69, 9.17) is 0 Å². The monoisotopic (exact) mass is 300 g/mol. The quantitative estimate of drug-likeness (QED) is 0.694. The van der Waals surface area contributed by atoms with Gasteiger partial charge in [0.15, 0.2) is 0 Å². The molecule has 0 aliphatic heterocycles. The van der Waals surface area contributed by atoms with Crippen LogP contribution in [0.25, 0.3) is 11.1 Å². The topological polar surface area (TPSA) is 34.1 Å². The van der Waals surface area contributed by atoms with E-state index in [1.54, 1.807) is 12.1 Å². The summed E-state index contributed by atoms with van der Waals surface area (Å²) in [5, 5.41) is 0. The van der Waals surface area contributed by atoms with Crippen molar-refractivity contribution in [2.45, 2.75) is 6.92 Å².